The number of rotatable bonds is 2. The summed E-state index contributed by atoms with van der Waals surface area (Å²) in [6, 6.07) is 0. The summed E-state index contributed by atoms with van der Waals surface area (Å²) >= 11 is 7.28. The van der Waals surface area contributed by atoms with E-state index in [1.165, 1.54) is 24.4 Å². The minimum atomic E-state index is -0.404. The molecule has 2 atom stereocenters. The maximum Gasteiger partial charge on any atom is 0.138 e. The Balaban J connectivity index is 1.65. The van der Waals surface area contributed by atoms with Crippen molar-refractivity contribution in [3.05, 3.63) is 10.0 Å². The van der Waals surface area contributed by atoms with E-state index in [0.29, 0.717) is 10.3 Å². The quantitative estimate of drug-likeness (QED) is 0.907. The number of hydrogen-bond donors (Lipinski definition) is 1. The van der Waals surface area contributed by atoms with Crippen LogP contribution in [0, 0.1) is 5.92 Å². The third-order valence-corrected chi connectivity index (χ3v) is 5.38. The zero-order valence-corrected chi connectivity index (χ0v) is 11.9. The van der Waals surface area contributed by atoms with Crippen LogP contribution in [0.15, 0.2) is 0 Å². The van der Waals surface area contributed by atoms with Gasteiger partial charge in [-0.25, -0.2) is 0 Å². The molecule has 2 unspecified atom stereocenters. The van der Waals surface area contributed by atoms with Gasteiger partial charge < -0.3 is 5.11 Å². The van der Waals surface area contributed by atoms with Gasteiger partial charge in [0.25, 0.3) is 0 Å². The Hall–Kier alpha value is -0.230. The lowest BCUT2D eigenvalue weighted by Gasteiger charge is -2.47. The highest BCUT2D eigenvalue weighted by Crippen LogP contribution is 2.40. The van der Waals surface area contributed by atoms with Gasteiger partial charge in [-0.3, -0.25) is 4.90 Å². The first-order chi connectivity index (χ1) is 8.67. The van der Waals surface area contributed by atoms with Crippen molar-refractivity contribution in [1.82, 2.24) is 14.5 Å². The highest BCUT2D eigenvalue weighted by atomic mass is 35.5. The van der Waals surface area contributed by atoms with Crippen molar-refractivity contribution in [3.63, 3.8) is 0 Å². The van der Waals surface area contributed by atoms with Crippen LogP contribution in [-0.4, -0.2) is 38.3 Å². The molecule has 0 bridgehead atoms. The highest BCUT2D eigenvalue weighted by molar-refractivity contribution is 7.10. The second-order valence-electron chi connectivity index (χ2n) is 5.52. The largest absolute Gasteiger partial charge is 0.390 e. The summed E-state index contributed by atoms with van der Waals surface area (Å²) < 4.78 is 4.56. The summed E-state index contributed by atoms with van der Waals surface area (Å²) in [5, 5.41) is 14.7. The monoisotopic (exact) mass is 287 g/mol. The van der Waals surface area contributed by atoms with Crippen molar-refractivity contribution < 1.29 is 5.11 Å². The Morgan fingerprint density at radius 3 is 3.11 bits per heavy atom. The first-order valence-electron chi connectivity index (χ1n) is 6.59. The molecule has 1 saturated carbocycles. The summed E-state index contributed by atoms with van der Waals surface area (Å²) in [7, 11) is 0. The Morgan fingerprint density at radius 1 is 1.44 bits per heavy atom. The zero-order valence-electron chi connectivity index (χ0n) is 10.3. The third-order valence-electron chi connectivity index (χ3n) is 4.39. The number of hydrogen-bond acceptors (Lipinski definition) is 5. The maximum absolute atomic E-state index is 10.6. The average molecular weight is 288 g/mol. The molecule has 1 aliphatic carbocycles. The van der Waals surface area contributed by atoms with E-state index in [1.54, 1.807) is 0 Å². The number of piperidine rings is 1. The highest BCUT2D eigenvalue weighted by Gasteiger charge is 2.42. The van der Waals surface area contributed by atoms with E-state index in [2.05, 4.69) is 14.5 Å². The number of nitrogens with zero attached hydrogens (tertiary/aromatic N) is 3. The minimum Gasteiger partial charge on any atom is -0.390 e. The Kier molecular flexibility index (Phi) is 3.58. The van der Waals surface area contributed by atoms with Gasteiger partial charge in [-0.15, -0.1) is 5.10 Å². The van der Waals surface area contributed by atoms with Gasteiger partial charge in [0.05, 0.1) is 5.60 Å². The van der Waals surface area contributed by atoms with Gasteiger partial charge in [0, 0.05) is 37.1 Å². The molecule has 6 heteroatoms. The summed E-state index contributed by atoms with van der Waals surface area (Å²) in [6.07, 6.45) is 5.43. The average Bonchev–Trinajstić information content (AvgIpc) is 2.75. The van der Waals surface area contributed by atoms with Gasteiger partial charge in [-0.1, -0.05) is 28.9 Å². The lowest BCUT2D eigenvalue weighted by molar-refractivity contribution is -0.0969. The smallest absolute Gasteiger partial charge is 0.138 e. The normalized spacial score (nSPS) is 33.3. The van der Waals surface area contributed by atoms with Crippen LogP contribution in [0.5, 0.6) is 0 Å². The predicted molar refractivity (Wildman–Crippen MR) is 71.7 cm³/mol. The van der Waals surface area contributed by atoms with Gasteiger partial charge >= 0.3 is 0 Å². The Morgan fingerprint density at radius 2 is 2.33 bits per heavy atom. The van der Waals surface area contributed by atoms with Gasteiger partial charge in [0.2, 0.25) is 0 Å². The van der Waals surface area contributed by atoms with E-state index < -0.39 is 5.60 Å². The van der Waals surface area contributed by atoms with Crippen molar-refractivity contribution in [2.24, 2.45) is 5.92 Å². The van der Waals surface area contributed by atoms with Crippen LogP contribution in [-0.2, 0) is 6.54 Å². The van der Waals surface area contributed by atoms with Crippen molar-refractivity contribution in [1.29, 1.82) is 0 Å². The summed E-state index contributed by atoms with van der Waals surface area (Å²) in [4.78, 5) is 2.35. The topological polar surface area (TPSA) is 49.2 Å². The van der Waals surface area contributed by atoms with E-state index in [0.717, 1.165) is 44.6 Å². The summed E-state index contributed by atoms with van der Waals surface area (Å²) in [6.45, 7) is 2.66. The fraction of sp³-hybridized carbons (Fsp3) is 0.833. The molecule has 1 aliphatic heterocycles. The van der Waals surface area contributed by atoms with Crippen LogP contribution in [0.3, 0.4) is 0 Å². The van der Waals surface area contributed by atoms with Crippen LogP contribution in [0.2, 0.25) is 4.34 Å². The molecule has 0 aromatic carbocycles. The summed E-state index contributed by atoms with van der Waals surface area (Å²) in [5.41, 5.74) is 0.474. The molecule has 2 heterocycles. The van der Waals surface area contributed by atoms with Crippen LogP contribution < -0.4 is 0 Å². The molecular weight excluding hydrogens is 270 g/mol. The van der Waals surface area contributed by atoms with Crippen LogP contribution in [0.25, 0.3) is 0 Å². The first-order valence-corrected chi connectivity index (χ1v) is 7.74. The van der Waals surface area contributed by atoms with Crippen molar-refractivity contribution in [2.45, 2.75) is 44.2 Å². The molecule has 2 fully saturated rings. The number of fused-ring (bicyclic) bond motifs is 1. The molecule has 1 aromatic rings. The fourth-order valence-corrected chi connectivity index (χ4v) is 3.90. The second-order valence-corrected chi connectivity index (χ2v) is 6.88. The van der Waals surface area contributed by atoms with Crippen molar-refractivity contribution in [2.75, 3.05) is 13.1 Å². The zero-order chi connectivity index (χ0) is 12.6. The predicted octanol–water partition coefficient (Wildman–Crippen LogP) is 2.32. The summed E-state index contributed by atoms with van der Waals surface area (Å²) in [5.74, 6) is 0.422. The van der Waals surface area contributed by atoms with Crippen LogP contribution in [0.1, 0.15) is 37.8 Å². The van der Waals surface area contributed by atoms with Crippen LogP contribution >= 0.6 is 23.1 Å². The molecule has 0 amide bonds. The molecular formula is C12H18ClN3OS. The van der Waals surface area contributed by atoms with Gasteiger partial charge in [0.15, 0.2) is 0 Å². The van der Waals surface area contributed by atoms with E-state index in [9.17, 15) is 5.11 Å². The van der Waals surface area contributed by atoms with E-state index in [1.807, 2.05) is 0 Å². The lowest BCUT2D eigenvalue weighted by atomic mass is 9.71. The molecule has 1 N–H and O–H groups in total. The number of aromatic nitrogens is 2. The molecule has 3 rings (SSSR count). The van der Waals surface area contributed by atoms with Crippen molar-refractivity contribution >= 4 is 23.1 Å². The van der Waals surface area contributed by atoms with E-state index >= 15 is 0 Å². The van der Waals surface area contributed by atoms with Gasteiger partial charge in [-0.05, 0) is 19.3 Å². The van der Waals surface area contributed by atoms with Gasteiger partial charge in [0.1, 0.15) is 10.0 Å². The molecule has 100 valence electrons. The number of aliphatic hydroxyl groups is 1. The minimum absolute atomic E-state index is 0.404. The first kappa shape index (κ1) is 12.8. The molecule has 1 aromatic heterocycles. The molecule has 4 nitrogen and oxygen atoms in total. The van der Waals surface area contributed by atoms with E-state index in [4.69, 9.17) is 11.6 Å². The van der Waals surface area contributed by atoms with Crippen molar-refractivity contribution in [3.8, 4) is 0 Å². The lowest BCUT2D eigenvalue weighted by Crippen LogP contribution is -2.53. The fourth-order valence-electron chi connectivity index (χ4n) is 3.29. The third kappa shape index (κ3) is 2.41. The SMILES string of the molecule is OC12CCCCC1CN(Cc1nnsc1Cl)CC2. The van der Waals surface area contributed by atoms with E-state index in [-0.39, 0.29) is 0 Å². The Labute approximate surface area is 116 Å². The number of likely N-dealkylation sites (tertiary alicyclic amines) is 1. The maximum atomic E-state index is 10.6. The second kappa shape index (κ2) is 5.04. The molecule has 18 heavy (non-hydrogen) atoms. The molecule has 0 radical (unpaired) electrons. The Bertz CT molecular complexity index is 427. The molecule has 1 saturated heterocycles. The number of halogens is 1. The van der Waals surface area contributed by atoms with Gasteiger partial charge in [-0.2, -0.15) is 0 Å². The standard InChI is InChI=1S/C12H18ClN3OS/c13-11-10(14-15-18-11)8-16-6-5-12(17)4-2-1-3-9(12)7-16/h9,17H,1-8H2. The molecule has 0 spiro atoms. The molecule has 2 aliphatic rings. The van der Waals surface area contributed by atoms with Crippen LogP contribution in [0.4, 0.5) is 0 Å².